The van der Waals surface area contributed by atoms with Gasteiger partial charge in [-0.15, -0.1) is 0 Å². The van der Waals surface area contributed by atoms with Crippen LogP contribution in [0.2, 0.25) is 0 Å². The molecule has 2 rings (SSSR count). The van der Waals surface area contributed by atoms with Crippen molar-refractivity contribution in [2.24, 2.45) is 0 Å². The highest BCUT2D eigenvalue weighted by Gasteiger charge is 2.09. The lowest BCUT2D eigenvalue weighted by molar-refractivity contribution is 0.0526. The first kappa shape index (κ1) is 13.3. The fourth-order valence-electron chi connectivity index (χ4n) is 1.54. The Balaban J connectivity index is 2.11. The molecular formula is C14H13NO3S. The summed E-state index contributed by atoms with van der Waals surface area (Å²) in [5.41, 5.74) is 1.60. The minimum absolute atomic E-state index is 0.192. The van der Waals surface area contributed by atoms with Crippen molar-refractivity contribution in [1.82, 2.24) is 0 Å². The third-order valence-electron chi connectivity index (χ3n) is 2.41. The first-order chi connectivity index (χ1) is 9.20. The smallest absolute Gasteiger partial charge is 0.338 e. The topological polar surface area (TPSA) is 55.4 Å². The van der Waals surface area contributed by atoms with Gasteiger partial charge in [-0.1, -0.05) is 6.07 Å². The number of carbonyl (C=O) groups excluding carboxylic acids is 2. The van der Waals surface area contributed by atoms with E-state index in [1.807, 2.05) is 5.38 Å². The number of anilines is 1. The van der Waals surface area contributed by atoms with E-state index in [0.717, 1.165) is 0 Å². The van der Waals surface area contributed by atoms with Crippen LogP contribution in [0.1, 0.15) is 27.6 Å². The minimum Gasteiger partial charge on any atom is -0.462 e. The number of hydrogen-bond acceptors (Lipinski definition) is 4. The molecule has 98 valence electrons. The quantitative estimate of drug-likeness (QED) is 0.872. The first-order valence-electron chi connectivity index (χ1n) is 5.81. The Morgan fingerprint density at radius 1 is 1.26 bits per heavy atom. The number of rotatable bonds is 4. The molecule has 19 heavy (non-hydrogen) atoms. The molecule has 0 fully saturated rings. The molecule has 0 saturated heterocycles. The van der Waals surface area contributed by atoms with Gasteiger partial charge in [0, 0.05) is 11.1 Å². The van der Waals surface area contributed by atoms with E-state index in [2.05, 4.69) is 5.32 Å². The molecule has 0 unspecified atom stereocenters. The van der Waals surface area contributed by atoms with Gasteiger partial charge in [0.1, 0.15) is 0 Å². The minimum atomic E-state index is -0.394. The lowest BCUT2D eigenvalue weighted by atomic mass is 10.2. The Bertz CT molecular complexity index is 578. The van der Waals surface area contributed by atoms with Crippen molar-refractivity contribution in [3.63, 3.8) is 0 Å². The van der Waals surface area contributed by atoms with Crippen LogP contribution in [0.4, 0.5) is 5.69 Å². The number of hydrogen-bond donors (Lipinski definition) is 1. The summed E-state index contributed by atoms with van der Waals surface area (Å²) in [5, 5.41) is 6.35. The number of thiophene rings is 1. The van der Waals surface area contributed by atoms with Gasteiger partial charge < -0.3 is 10.1 Å². The standard InChI is InChI=1S/C14H13NO3S/c1-2-18-14(17)10-4-3-5-12(8-10)15-13(16)11-6-7-19-9-11/h3-9H,2H2,1H3,(H,15,16). The van der Waals surface area contributed by atoms with Crippen LogP contribution in [-0.2, 0) is 4.74 Å². The third kappa shape index (κ3) is 3.42. The predicted molar refractivity (Wildman–Crippen MR) is 74.7 cm³/mol. The summed E-state index contributed by atoms with van der Waals surface area (Å²) in [4.78, 5) is 23.4. The van der Waals surface area contributed by atoms with Gasteiger partial charge in [-0.25, -0.2) is 4.79 Å². The van der Waals surface area contributed by atoms with E-state index in [-0.39, 0.29) is 5.91 Å². The molecule has 0 saturated carbocycles. The maximum atomic E-state index is 11.9. The summed E-state index contributed by atoms with van der Waals surface area (Å²) >= 11 is 1.46. The van der Waals surface area contributed by atoms with E-state index < -0.39 is 5.97 Å². The maximum absolute atomic E-state index is 11.9. The van der Waals surface area contributed by atoms with E-state index in [0.29, 0.717) is 23.4 Å². The van der Waals surface area contributed by atoms with Gasteiger partial charge in [-0.05, 0) is 36.6 Å². The fourth-order valence-corrected chi connectivity index (χ4v) is 2.17. The molecular weight excluding hydrogens is 262 g/mol. The highest BCUT2D eigenvalue weighted by atomic mass is 32.1. The molecule has 0 aliphatic carbocycles. The number of nitrogens with one attached hydrogen (secondary N) is 1. The average Bonchev–Trinajstić information content (AvgIpc) is 2.93. The largest absolute Gasteiger partial charge is 0.462 e. The zero-order valence-electron chi connectivity index (χ0n) is 10.4. The Hall–Kier alpha value is -2.14. The molecule has 2 aromatic rings. The van der Waals surface area contributed by atoms with Crippen molar-refractivity contribution >= 4 is 28.9 Å². The van der Waals surface area contributed by atoms with E-state index in [4.69, 9.17) is 4.74 Å². The van der Waals surface area contributed by atoms with Crippen LogP contribution in [0, 0.1) is 0 Å². The van der Waals surface area contributed by atoms with Gasteiger partial charge in [-0.3, -0.25) is 4.79 Å². The summed E-state index contributed by atoms with van der Waals surface area (Å²) in [7, 11) is 0. The van der Waals surface area contributed by atoms with Gasteiger partial charge in [0.05, 0.1) is 17.7 Å². The Kier molecular flexibility index (Phi) is 4.30. The van der Waals surface area contributed by atoms with Crippen LogP contribution in [0.25, 0.3) is 0 Å². The molecule has 0 bridgehead atoms. The van der Waals surface area contributed by atoms with Crippen molar-refractivity contribution in [3.8, 4) is 0 Å². The molecule has 1 aromatic carbocycles. The molecule has 0 aliphatic rings. The predicted octanol–water partition coefficient (Wildman–Crippen LogP) is 3.18. The van der Waals surface area contributed by atoms with Gasteiger partial charge in [0.2, 0.25) is 0 Å². The maximum Gasteiger partial charge on any atom is 0.338 e. The van der Waals surface area contributed by atoms with E-state index in [1.54, 1.807) is 42.6 Å². The second-order valence-corrected chi connectivity index (χ2v) is 4.55. The second-order valence-electron chi connectivity index (χ2n) is 3.77. The van der Waals surface area contributed by atoms with Crippen molar-refractivity contribution in [2.75, 3.05) is 11.9 Å². The molecule has 0 atom stereocenters. The molecule has 0 aliphatic heterocycles. The van der Waals surface area contributed by atoms with Gasteiger partial charge in [0.15, 0.2) is 0 Å². The van der Waals surface area contributed by atoms with Crippen LogP contribution in [0.3, 0.4) is 0 Å². The van der Waals surface area contributed by atoms with Gasteiger partial charge in [-0.2, -0.15) is 11.3 Å². The summed E-state index contributed by atoms with van der Waals surface area (Å²) in [6.45, 7) is 2.07. The Labute approximate surface area is 115 Å². The zero-order chi connectivity index (χ0) is 13.7. The number of carbonyl (C=O) groups is 2. The van der Waals surface area contributed by atoms with Crippen molar-refractivity contribution in [1.29, 1.82) is 0 Å². The van der Waals surface area contributed by atoms with Crippen molar-refractivity contribution in [2.45, 2.75) is 6.92 Å². The normalized spacial score (nSPS) is 9.95. The number of esters is 1. The monoisotopic (exact) mass is 275 g/mol. The van der Waals surface area contributed by atoms with Crippen LogP contribution in [0.5, 0.6) is 0 Å². The molecule has 0 radical (unpaired) electrons. The number of amides is 1. The van der Waals surface area contributed by atoms with Crippen molar-refractivity contribution in [3.05, 3.63) is 52.2 Å². The lowest BCUT2D eigenvalue weighted by Gasteiger charge is -2.06. The van der Waals surface area contributed by atoms with E-state index in [9.17, 15) is 9.59 Å². The van der Waals surface area contributed by atoms with Crippen LogP contribution >= 0.6 is 11.3 Å². The van der Waals surface area contributed by atoms with Gasteiger partial charge in [0.25, 0.3) is 5.91 Å². The highest BCUT2D eigenvalue weighted by Crippen LogP contribution is 2.14. The molecule has 1 heterocycles. The Morgan fingerprint density at radius 2 is 2.11 bits per heavy atom. The summed E-state index contributed by atoms with van der Waals surface area (Å²) in [6.07, 6.45) is 0. The molecule has 4 nitrogen and oxygen atoms in total. The fraction of sp³-hybridized carbons (Fsp3) is 0.143. The third-order valence-corrected chi connectivity index (χ3v) is 3.10. The molecule has 0 spiro atoms. The van der Waals surface area contributed by atoms with E-state index >= 15 is 0 Å². The summed E-state index contributed by atoms with van der Waals surface area (Å²) in [5.74, 6) is -0.587. The molecule has 5 heteroatoms. The SMILES string of the molecule is CCOC(=O)c1cccc(NC(=O)c2ccsc2)c1. The average molecular weight is 275 g/mol. The number of ether oxygens (including phenoxy) is 1. The molecule has 1 aromatic heterocycles. The van der Waals surface area contributed by atoms with Crippen LogP contribution in [-0.4, -0.2) is 18.5 Å². The van der Waals surface area contributed by atoms with Crippen molar-refractivity contribution < 1.29 is 14.3 Å². The summed E-state index contributed by atoms with van der Waals surface area (Å²) < 4.78 is 4.91. The number of benzene rings is 1. The first-order valence-corrected chi connectivity index (χ1v) is 6.75. The van der Waals surface area contributed by atoms with E-state index in [1.165, 1.54) is 11.3 Å². The highest BCUT2D eigenvalue weighted by molar-refractivity contribution is 7.08. The molecule has 1 N–H and O–H groups in total. The lowest BCUT2D eigenvalue weighted by Crippen LogP contribution is -2.12. The molecule has 1 amide bonds. The Morgan fingerprint density at radius 3 is 2.79 bits per heavy atom. The second kappa shape index (κ2) is 6.15. The zero-order valence-corrected chi connectivity index (χ0v) is 11.2. The van der Waals surface area contributed by atoms with Crippen LogP contribution < -0.4 is 5.32 Å². The van der Waals surface area contributed by atoms with Gasteiger partial charge >= 0.3 is 5.97 Å². The summed E-state index contributed by atoms with van der Waals surface area (Å²) in [6, 6.07) is 8.43. The van der Waals surface area contributed by atoms with Crippen LogP contribution in [0.15, 0.2) is 41.1 Å².